The molecule has 1 aromatic heterocycles. The SMILES string of the molecule is c1ccc(-c2ccc(-c3ccc(N(c4ccc(-c5ccccc5)cc4)c4ccc5c(c4)-c4c(ccc6c4oc4ccccc46)C5(c4ccccc4)c4ccccc4)cc3)cc2)cc1. The lowest BCUT2D eigenvalue weighted by molar-refractivity contribution is 0.669. The molecular weight excluding hydrogens is 763 g/mol. The van der Waals surface area contributed by atoms with Gasteiger partial charge >= 0.3 is 0 Å². The number of furan rings is 1. The lowest BCUT2D eigenvalue weighted by atomic mass is 9.67. The van der Waals surface area contributed by atoms with E-state index in [1.807, 2.05) is 0 Å². The van der Waals surface area contributed by atoms with Gasteiger partial charge in [-0.2, -0.15) is 0 Å². The highest BCUT2D eigenvalue weighted by atomic mass is 16.3. The van der Waals surface area contributed by atoms with Crippen LogP contribution in [-0.2, 0) is 5.41 Å². The smallest absolute Gasteiger partial charge is 0.143 e. The summed E-state index contributed by atoms with van der Waals surface area (Å²) in [5.41, 5.74) is 18.8. The van der Waals surface area contributed by atoms with Crippen molar-refractivity contribution in [3.05, 3.63) is 271 Å². The highest BCUT2D eigenvalue weighted by Gasteiger charge is 2.47. The van der Waals surface area contributed by atoms with Crippen molar-refractivity contribution in [1.29, 1.82) is 0 Å². The fourth-order valence-electron chi connectivity index (χ4n) is 10.1. The topological polar surface area (TPSA) is 16.4 Å². The number of fused-ring (bicyclic) bond motifs is 7. The van der Waals surface area contributed by atoms with Crippen LogP contribution in [0.15, 0.2) is 253 Å². The van der Waals surface area contributed by atoms with Gasteiger partial charge in [-0.25, -0.2) is 0 Å². The van der Waals surface area contributed by atoms with Crippen molar-refractivity contribution in [1.82, 2.24) is 0 Å². The van der Waals surface area contributed by atoms with Crippen LogP contribution in [0.3, 0.4) is 0 Å². The number of hydrogen-bond acceptors (Lipinski definition) is 2. The summed E-state index contributed by atoms with van der Waals surface area (Å²) in [6.45, 7) is 0. The maximum Gasteiger partial charge on any atom is 0.143 e. The molecule has 0 radical (unpaired) electrons. The van der Waals surface area contributed by atoms with Crippen molar-refractivity contribution in [2.24, 2.45) is 0 Å². The molecule has 0 bridgehead atoms. The standard InChI is InChI=1S/C61H41NO/c1-5-15-42(16-6-1)44-25-27-45(28-26-44)47-31-35-51(36-32-47)62(50-33-29-46(30-34-50)43-17-7-2-8-18-43)52-37-39-56-55(41-52)59-57(40-38-54-53-23-13-14-24-58(53)63-60(54)59)61(56,48-19-9-3-10-20-48)49-21-11-4-12-22-49/h1-41H. The second-order valence-corrected chi connectivity index (χ2v) is 16.4. The Morgan fingerprint density at radius 2 is 0.730 bits per heavy atom. The Kier molecular flexibility index (Phi) is 8.76. The highest BCUT2D eigenvalue weighted by Crippen LogP contribution is 2.59. The van der Waals surface area contributed by atoms with Crippen LogP contribution in [-0.4, -0.2) is 0 Å². The van der Waals surface area contributed by atoms with Gasteiger partial charge in [0.2, 0.25) is 0 Å². The molecule has 0 saturated carbocycles. The molecule has 0 fully saturated rings. The minimum absolute atomic E-state index is 0.571. The fraction of sp³-hybridized carbons (Fsp3) is 0.0164. The van der Waals surface area contributed by atoms with Gasteiger partial charge in [0.05, 0.1) is 5.41 Å². The maximum atomic E-state index is 6.92. The molecule has 1 aliphatic rings. The summed E-state index contributed by atoms with van der Waals surface area (Å²) < 4.78 is 6.92. The third-order valence-corrected chi connectivity index (χ3v) is 13.0. The predicted molar refractivity (Wildman–Crippen MR) is 262 cm³/mol. The lowest BCUT2D eigenvalue weighted by Gasteiger charge is -2.34. The van der Waals surface area contributed by atoms with Gasteiger partial charge in [0.25, 0.3) is 0 Å². The second-order valence-electron chi connectivity index (χ2n) is 16.4. The number of para-hydroxylation sites is 1. The molecule has 10 aromatic carbocycles. The van der Waals surface area contributed by atoms with Gasteiger partial charge in [0.15, 0.2) is 0 Å². The van der Waals surface area contributed by atoms with Crippen molar-refractivity contribution in [3.63, 3.8) is 0 Å². The maximum absolute atomic E-state index is 6.92. The van der Waals surface area contributed by atoms with Crippen LogP contribution in [0.4, 0.5) is 17.1 Å². The quantitative estimate of drug-likeness (QED) is 0.152. The number of nitrogens with zero attached hydrogens (tertiary/aromatic N) is 1. The lowest BCUT2D eigenvalue weighted by Crippen LogP contribution is -2.28. The summed E-state index contributed by atoms with van der Waals surface area (Å²) in [6.07, 6.45) is 0. The molecule has 63 heavy (non-hydrogen) atoms. The van der Waals surface area contributed by atoms with Gasteiger partial charge in [-0.1, -0.05) is 206 Å². The van der Waals surface area contributed by atoms with E-state index in [2.05, 4.69) is 254 Å². The van der Waals surface area contributed by atoms with E-state index in [1.54, 1.807) is 0 Å². The van der Waals surface area contributed by atoms with Crippen LogP contribution in [0.2, 0.25) is 0 Å². The number of benzene rings is 10. The number of rotatable bonds is 8. The minimum Gasteiger partial charge on any atom is -0.455 e. The molecule has 2 nitrogen and oxygen atoms in total. The van der Waals surface area contributed by atoms with E-state index in [0.717, 1.165) is 44.6 Å². The van der Waals surface area contributed by atoms with Gasteiger partial charge in [0.1, 0.15) is 11.2 Å². The number of anilines is 3. The fourth-order valence-corrected chi connectivity index (χ4v) is 10.1. The van der Waals surface area contributed by atoms with E-state index in [9.17, 15) is 0 Å². The first-order chi connectivity index (χ1) is 31.2. The van der Waals surface area contributed by atoms with Gasteiger partial charge in [-0.3, -0.25) is 0 Å². The Hall–Kier alpha value is -8.20. The van der Waals surface area contributed by atoms with Crippen molar-refractivity contribution < 1.29 is 4.42 Å². The average Bonchev–Trinajstić information content (AvgIpc) is 3.89. The summed E-state index contributed by atoms with van der Waals surface area (Å²) in [5, 5.41) is 2.25. The van der Waals surface area contributed by atoms with E-state index in [1.165, 1.54) is 61.2 Å². The van der Waals surface area contributed by atoms with Crippen LogP contribution < -0.4 is 4.90 Å². The predicted octanol–water partition coefficient (Wildman–Crippen LogP) is 16.4. The van der Waals surface area contributed by atoms with Crippen molar-refractivity contribution in [2.75, 3.05) is 4.90 Å². The zero-order valence-electron chi connectivity index (χ0n) is 34.5. The van der Waals surface area contributed by atoms with Crippen LogP contribution in [0, 0.1) is 0 Å². The van der Waals surface area contributed by atoms with E-state index in [0.29, 0.717) is 0 Å². The van der Waals surface area contributed by atoms with Crippen LogP contribution >= 0.6 is 0 Å². The Balaban J connectivity index is 1.05. The molecule has 0 atom stereocenters. The zero-order valence-corrected chi connectivity index (χ0v) is 34.5. The summed E-state index contributed by atoms with van der Waals surface area (Å²) in [4.78, 5) is 2.39. The summed E-state index contributed by atoms with van der Waals surface area (Å²) in [5.74, 6) is 0. The zero-order chi connectivity index (χ0) is 41.7. The molecule has 11 aromatic rings. The van der Waals surface area contributed by atoms with Gasteiger partial charge in [0, 0.05) is 33.4 Å². The first kappa shape index (κ1) is 36.6. The molecule has 0 N–H and O–H groups in total. The van der Waals surface area contributed by atoms with Gasteiger partial charge in [-0.05, 0) is 104 Å². The van der Waals surface area contributed by atoms with Crippen LogP contribution in [0.1, 0.15) is 22.3 Å². The minimum atomic E-state index is -0.571. The van der Waals surface area contributed by atoms with Gasteiger partial charge < -0.3 is 9.32 Å². The van der Waals surface area contributed by atoms with Gasteiger partial charge in [-0.15, -0.1) is 0 Å². The summed E-state index contributed by atoms with van der Waals surface area (Å²) >= 11 is 0. The normalized spacial score (nSPS) is 12.6. The molecule has 12 rings (SSSR count). The van der Waals surface area contributed by atoms with Crippen molar-refractivity contribution in [2.45, 2.75) is 5.41 Å². The molecule has 0 amide bonds. The average molecular weight is 804 g/mol. The highest BCUT2D eigenvalue weighted by molar-refractivity contribution is 6.12. The van der Waals surface area contributed by atoms with Crippen LogP contribution in [0.25, 0.3) is 66.4 Å². The Morgan fingerprint density at radius 3 is 1.25 bits per heavy atom. The Bertz CT molecular complexity index is 3350. The first-order valence-electron chi connectivity index (χ1n) is 21.7. The Morgan fingerprint density at radius 1 is 0.317 bits per heavy atom. The molecule has 0 unspecified atom stereocenters. The molecule has 2 heteroatoms. The van der Waals surface area contributed by atoms with E-state index in [-0.39, 0.29) is 0 Å². The summed E-state index contributed by atoms with van der Waals surface area (Å²) in [7, 11) is 0. The van der Waals surface area contributed by atoms with E-state index < -0.39 is 5.41 Å². The molecular formula is C61H41NO. The molecule has 0 saturated heterocycles. The molecule has 296 valence electrons. The van der Waals surface area contributed by atoms with Crippen molar-refractivity contribution >= 4 is 39.0 Å². The second kappa shape index (κ2) is 15.1. The molecule has 1 aliphatic carbocycles. The third kappa shape index (κ3) is 6.02. The van der Waals surface area contributed by atoms with E-state index >= 15 is 0 Å². The molecule has 1 heterocycles. The largest absolute Gasteiger partial charge is 0.455 e. The van der Waals surface area contributed by atoms with Crippen LogP contribution in [0.5, 0.6) is 0 Å². The number of hydrogen-bond donors (Lipinski definition) is 0. The van der Waals surface area contributed by atoms with Crippen molar-refractivity contribution in [3.8, 4) is 44.5 Å². The Labute approximate surface area is 367 Å². The monoisotopic (exact) mass is 803 g/mol. The third-order valence-electron chi connectivity index (χ3n) is 13.0. The molecule has 0 aliphatic heterocycles. The summed E-state index contributed by atoms with van der Waals surface area (Å²) in [6, 6.07) is 90.0. The van der Waals surface area contributed by atoms with E-state index in [4.69, 9.17) is 4.42 Å². The first-order valence-corrected chi connectivity index (χ1v) is 21.7. The molecule has 0 spiro atoms.